The fourth-order valence-corrected chi connectivity index (χ4v) is 2.46. The summed E-state index contributed by atoms with van der Waals surface area (Å²) in [7, 11) is 2.12. The van der Waals surface area contributed by atoms with Gasteiger partial charge in [0.05, 0.1) is 0 Å². The van der Waals surface area contributed by atoms with E-state index in [0.29, 0.717) is 5.92 Å². The van der Waals surface area contributed by atoms with Crippen LogP contribution in [0.5, 0.6) is 0 Å². The molecule has 1 aromatic heterocycles. The van der Waals surface area contributed by atoms with Gasteiger partial charge >= 0.3 is 0 Å². The van der Waals surface area contributed by atoms with Gasteiger partial charge in [0.2, 0.25) is 0 Å². The first-order chi connectivity index (χ1) is 9.00. The van der Waals surface area contributed by atoms with E-state index in [1.54, 1.807) is 0 Å². The predicted molar refractivity (Wildman–Crippen MR) is 82.7 cm³/mol. The van der Waals surface area contributed by atoms with Crippen LogP contribution in [0.3, 0.4) is 0 Å². The zero-order chi connectivity index (χ0) is 14.0. The van der Waals surface area contributed by atoms with Crippen LogP contribution in [0.1, 0.15) is 42.3 Å². The molecule has 0 spiro atoms. The van der Waals surface area contributed by atoms with Crippen LogP contribution in [-0.4, -0.2) is 4.57 Å². The summed E-state index contributed by atoms with van der Waals surface area (Å²) in [4.78, 5) is 0. The van der Waals surface area contributed by atoms with Crippen LogP contribution >= 0.6 is 0 Å². The lowest BCUT2D eigenvalue weighted by atomic mass is 10.0. The van der Waals surface area contributed by atoms with E-state index in [1.165, 1.54) is 28.2 Å². The second-order valence-corrected chi connectivity index (χ2v) is 5.55. The Labute approximate surface area is 116 Å². The fraction of sp³-hybridized carbons (Fsp3) is 0.412. The number of aromatic nitrogens is 1. The van der Waals surface area contributed by atoms with E-state index in [0.717, 1.165) is 6.54 Å². The number of hydrogen-bond donors (Lipinski definition) is 1. The van der Waals surface area contributed by atoms with Gasteiger partial charge in [0.25, 0.3) is 0 Å². The van der Waals surface area contributed by atoms with Crippen molar-refractivity contribution in [2.75, 3.05) is 5.32 Å². The molecule has 1 heterocycles. The molecule has 0 atom stereocenters. The summed E-state index contributed by atoms with van der Waals surface area (Å²) >= 11 is 0. The van der Waals surface area contributed by atoms with Gasteiger partial charge in [-0.3, -0.25) is 0 Å². The molecule has 0 saturated carbocycles. The van der Waals surface area contributed by atoms with E-state index in [4.69, 9.17) is 0 Å². The Balaban J connectivity index is 2.17. The smallest absolute Gasteiger partial charge is 0.0418 e. The highest BCUT2D eigenvalue weighted by molar-refractivity contribution is 5.53. The minimum atomic E-state index is 0.544. The molecule has 102 valence electrons. The topological polar surface area (TPSA) is 17.0 Å². The predicted octanol–water partition coefficient (Wildman–Crippen LogP) is 4.38. The summed E-state index contributed by atoms with van der Waals surface area (Å²) in [6.07, 6.45) is 0. The number of aryl methyl sites for hydroxylation is 1. The Morgan fingerprint density at radius 3 is 2.42 bits per heavy atom. The van der Waals surface area contributed by atoms with E-state index in [2.05, 4.69) is 75.0 Å². The van der Waals surface area contributed by atoms with Gasteiger partial charge in [0.15, 0.2) is 0 Å². The molecule has 2 heteroatoms. The van der Waals surface area contributed by atoms with Gasteiger partial charge < -0.3 is 9.88 Å². The Hall–Kier alpha value is -1.70. The zero-order valence-electron chi connectivity index (χ0n) is 12.6. The van der Waals surface area contributed by atoms with Crippen LogP contribution in [-0.2, 0) is 13.6 Å². The summed E-state index contributed by atoms with van der Waals surface area (Å²) in [6.45, 7) is 9.69. The number of benzene rings is 1. The monoisotopic (exact) mass is 256 g/mol. The van der Waals surface area contributed by atoms with Crippen LogP contribution in [0.25, 0.3) is 0 Å². The molecule has 0 saturated heterocycles. The number of nitrogens with one attached hydrogen (secondary N) is 1. The first kappa shape index (κ1) is 13.7. The first-order valence-corrected chi connectivity index (χ1v) is 6.95. The maximum Gasteiger partial charge on any atom is 0.0418 e. The maximum absolute atomic E-state index is 3.58. The van der Waals surface area contributed by atoms with Gasteiger partial charge in [0.1, 0.15) is 0 Å². The van der Waals surface area contributed by atoms with Crippen molar-refractivity contribution in [3.63, 3.8) is 0 Å². The molecule has 0 unspecified atom stereocenters. The molecule has 2 aromatic rings. The molecule has 1 aromatic carbocycles. The molecule has 19 heavy (non-hydrogen) atoms. The summed E-state index contributed by atoms with van der Waals surface area (Å²) < 4.78 is 2.24. The molecule has 0 amide bonds. The largest absolute Gasteiger partial charge is 0.381 e. The number of anilines is 1. The van der Waals surface area contributed by atoms with Crippen LogP contribution < -0.4 is 5.32 Å². The van der Waals surface area contributed by atoms with Gasteiger partial charge in [-0.1, -0.05) is 32.0 Å². The van der Waals surface area contributed by atoms with Crippen molar-refractivity contribution in [1.29, 1.82) is 0 Å². The standard InChI is InChI=1S/C17H24N2/c1-12(2)16-8-6-7-9-17(16)18-11-15-10-13(3)19(5)14(15)4/h6-10,12,18H,11H2,1-5H3. The molecule has 2 rings (SSSR count). The Morgan fingerprint density at radius 2 is 1.84 bits per heavy atom. The lowest BCUT2D eigenvalue weighted by Crippen LogP contribution is -2.04. The van der Waals surface area contributed by atoms with Gasteiger partial charge in [0, 0.05) is 30.7 Å². The number of hydrogen-bond acceptors (Lipinski definition) is 1. The Kier molecular flexibility index (Phi) is 3.98. The molecule has 1 N–H and O–H groups in total. The molecule has 0 aliphatic carbocycles. The van der Waals surface area contributed by atoms with E-state index >= 15 is 0 Å². The van der Waals surface area contributed by atoms with Gasteiger partial charge in [-0.15, -0.1) is 0 Å². The second kappa shape index (κ2) is 5.52. The number of rotatable bonds is 4. The van der Waals surface area contributed by atoms with Gasteiger partial charge in [-0.05, 0) is 43.0 Å². The fourth-order valence-electron chi connectivity index (χ4n) is 2.46. The van der Waals surface area contributed by atoms with Crippen molar-refractivity contribution >= 4 is 5.69 Å². The van der Waals surface area contributed by atoms with Crippen LogP contribution in [0.2, 0.25) is 0 Å². The third-order valence-corrected chi connectivity index (χ3v) is 3.93. The molecular formula is C17H24N2. The average Bonchev–Trinajstić information content (AvgIpc) is 2.64. The van der Waals surface area contributed by atoms with E-state index in [9.17, 15) is 0 Å². The van der Waals surface area contributed by atoms with Crippen LogP contribution in [0.15, 0.2) is 30.3 Å². The quantitative estimate of drug-likeness (QED) is 0.859. The Bertz CT molecular complexity index is 565. The summed E-state index contributed by atoms with van der Waals surface area (Å²) in [5.41, 5.74) is 6.66. The summed E-state index contributed by atoms with van der Waals surface area (Å²) in [6, 6.07) is 10.8. The van der Waals surface area contributed by atoms with E-state index in [1.807, 2.05) is 0 Å². The van der Waals surface area contributed by atoms with Gasteiger partial charge in [-0.2, -0.15) is 0 Å². The van der Waals surface area contributed by atoms with Crippen LogP contribution in [0, 0.1) is 13.8 Å². The minimum Gasteiger partial charge on any atom is -0.381 e. The molecule has 2 nitrogen and oxygen atoms in total. The van der Waals surface area contributed by atoms with Crippen molar-refractivity contribution in [2.45, 2.75) is 40.2 Å². The minimum absolute atomic E-state index is 0.544. The molecule has 0 radical (unpaired) electrons. The van der Waals surface area contributed by atoms with Crippen LogP contribution in [0.4, 0.5) is 5.69 Å². The first-order valence-electron chi connectivity index (χ1n) is 6.95. The normalized spacial score (nSPS) is 11.1. The molecule has 0 aliphatic heterocycles. The Morgan fingerprint density at radius 1 is 1.16 bits per heavy atom. The third-order valence-electron chi connectivity index (χ3n) is 3.93. The van der Waals surface area contributed by atoms with E-state index in [-0.39, 0.29) is 0 Å². The van der Waals surface area contributed by atoms with Crippen molar-refractivity contribution < 1.29 is 0 Å². The highest BCUT2D eigenvalue weighted by Crippen LogP contribution is 2.24. The second-order valence-electron chi connectivity index (χ2n) is 5.55. The maximum atomic E-state index is 3.58. The third kappa shape index (κ3) is 2.83. The molecular weight excluding hydrogens is 232 g/mol. The zero-order valence-corrected chi connectivity index (χ0v) is 12.6. The molecule has 0 fully saturated rings. The van der Waals surface area contributed by atoms with E-state index < -0.39 is 0 Å². The van der Waals surface area contributed by atoms with Crippen molar-refractivity contribution in [3.8, 4) is 0 Å². The number of nitrogens with zero attached hydrogens (tertiary/aromatic N) is 1. The van der Waals surface area contributed by atoms with Crippen molar-refractivity contribution in [2.24, 2.45) is 7.05 Å². The summed E-state index contributed by atoms with van der Waals surface area (Å²) in [5.74, 6) is 0.544. The lowest BCUT2D eigenvalue weighted by Gasteiger charge is -2.14. The van der Waals surface area contributed by atoms with Crippen molar-refractivity contribution in [1.82, 2.24) is 4.57 Å². The summed E-state index contributed by atoms with van der Waals surface area (Å²) in [5, 5.41) is 3.58. The highest BCUT2D eigenvalue weighted by Gasteiger charge is 2.08. The average molecular weight is 256 g/mol. The highest BCUT2D eigenvalue weighted by atomic mass is 15.0. The molecule has 0 bridgehead atoms. The lowest BCUT2D eigenvalue weighted by molar-refractivity contribution is 0.835. The number of para-hydroxylation sites is 1. The van der Waals surface area contributed by atoms with Crippen molar-refractivity contribution in [3.05, 3.63) is 52.8 Å². The SMILES string of the molecule is Cc1cc(CNc2ccccc2C(C)C)c(C)n1C. The molecule has 0 aliphatic rings. The van der Waals surface area contributed by atoms with Gasteiger partial charge in [-0.25, -0.2) is 0 Å².